The van der Waals surface area contributed by atoms with E-state index in [1.54, 1.807) is 30.6 Å². The van der Waals surface area contributed by atoms with Crippen molar-refractivity contribution in [2.24, 2.45) is 0 Å². The Hall–Kier alpha value is -4.14. The Morgan fingerprint density at radius 2 is 1.78 bits per heavy atom. The number of ether oxygens (including phenoxy) is 1. The molecular weight excluding hydrogens is 421 g/mol. The van der Waals surface area contributed by atoms with Gasteiger partial charge in [-0.15, -0.1) is 13.2 Å². The number of oxazole rings is 1. The van der Waals surface area contributed by atoms with Crippen molar-refractivity contribution >= 4 is 23.8 Å². The van der Waals surface area contributed by atoms with Crippen LogP contribution in [0.15, 0.2) is 71.4 Å². The summed E-state index contributed by atoms with van der Waals surface area (Å²) in [4.78, 5) is 13.0. The summed E-state index contributed by atoms with van der Waals surface area (Å²) in [5, 5.41) is 3.15. The third-order valence-corrected chi connectivity index (χ3v) is 4.23. The van der Waals surface area contributed by atoms with E-state index in [-0.39, 0.29) is 5.75 Å². The minimum Gasteiger partial charge on any atom is -0.435 e. The third-order valence-electron chi connectivity index (χ3n) is 4.23. The second-order valence-corrected chi connectivity index (χ2v) is 6.76. The van der Waals surface area contributed by atoms with Gasteiger partial charge in [-0.05, 0) is 60.5 Å². The first-order valence-corrected chi connectivity index (χ1v) is 9.51. The fourth-order valence-corrected chi connectivity index (χ4v) is 2.81. The van der Waals surface area contributed by atoms with E-state index >= 15 is 0 Å². The first-order chi connectivity index (χ1) is 15.3. The number of benzene rings is 1. The minimum atomic E-state index is -4.72. The molecule has 0 aliphatic carbocycles. The highest BCUT2D eigenvalue weighted by Gasteiger charge is 2.30. The number of hydrogen-bond donors (Lipinski definition) is 1. The number of aromatic nitrogens is 3. The molecule has 0 aliphatic rings. The van der Waals surface area contributed by atoms with Crippen molar-refractivity contribution in [2.45, 2.75) is 13.3 Å². The van der Waals surface area contributed by atoms with Crippen LogP contribution in [0.5, 0.6) is 5.75 Å². The van der Waals surface area contributed by atoms with Crippen LogP contribution in [0.25, 0.3) is 23.6 Å². The van der Waals surface area contributed by atoms with Gasteiger partial charge >= 0.3 is 6.36 Å². The molecule has 4 aromatic rings. The molecule has 0 fully saturated rings. The van der Waals surface area contributed by atoms with Crippen molar-refractivity contribution in [1.29, 1.82) is 0 Å². The van der Waals surface area contributed by atoms with Crippen LogP contribution in [0, 0.1) is 6.92 Å². The van der Waals surface area contributed by atoms with E-state index in [1.807, 2.05) is 31.2 Å². The van der Waals surface area contributed by atoms with Crippen LogP contribution in [0.2, 0.25) is 0 Å². The molecule has 0 radical (unpaired) electrons. The molecule has 0 aliphatic heterocycles. The van der Waals surface area contributed by atoms with E-state index in [2.05, 4.69) is 25.0 Å². The lowest BCUT2D eigenvalue weighted by Gasteiger charge is -2.08. The average molecular weight is 438 g/mol. The standard InChI is InChI=1S/C23H17F3N4O2/c1-15-11-12-27-21(13-15)30-20-4-2-3-18(29-20)19-14-28-22(31-19)10-7-16-5-8-17(9-6-16)32-23(24,25)26/h2-14H,1H3,(H,27,29,30). The van der Waals surface area contributed by atoms with Crippen LogP contribution in [0.3, 0.4) is 0 Å². The molecule has 0 bridgehead atoms. The van der Waals surface area contributed by atoms with E-state index in [1.165, 1.54) is 24.3 Å². The second kappa shape index (κ2) is 8.93. The molecule has 9 heteroatoms. The van der Waals surface area contributed by atoms with Gasteiger partial charge in [0.1, 0.15) is 23.1 Å². The number of rotatable bonds is 6. The Morgan fingerprint density at radius 3 is 2.53 bits per heavy atom. The van der Waals surface area contributed by atoms with E-state index in [0.29, 0.717) is 34.5 Å². The zero-order valence-electron chi connectivity index (χ0n) is 16.8. The molecule has 162 valence electrons. The number of pyridine rings is 2. The topological polar surface area (TPSA) is 73.1 Å². The van der Waals surface area contributed by atoms with Gasteiger partial charge < -0.3 is 14.5 Å². The number of nitrogens with one attached hydrogen (secondary N) is 1. The van der Waals surface area contributed by atoms with Gasteiger partial charge in [-0.1, -0.05) is 18.2 Å². The summed E-state index contributed by atoms with van der Waals surface area (Å²) in [5.74, 6) is 1.81. The van der Waals surface area contributed by atoms with E-state index in [9.17, 15) is 13.2 Å². The molecule has 0 unspecified atom stereocenters. The molecule has 0 amide bonds. The number of alkyl halides is 3. The van der Waals surface area contributed by atoms with Crippen LogP contribution in [-0.2, 0) is 0 Å². The summed E-state index contributed by atoms with van der Waals surface area (Å²) >= 11 is 0. The molecule has 4 rings (SSSR count). The monoisotopic (exact) mass is 438 g/mol. The predicted octanol–water partition coefficient (Wildman–Crippen LogP) is 6.25. The molecule has 0 saturated heterocycles. The Kier molecular flexibility index (Phi) is 5.89. The highest BCUT2D eigenvalue weighted by molar-refractivity contribution is 5.67. The zero-order valence-corrected chi connectivity index (χ0v) is 16.8. The van der Waals surface area contributed by atoms with Crippen molar-refractivity contribution in [1.82, 2.24) is 15.0 Å². The molecule has 32 heavy (non-hydrogen) atoms. The molecule has 0 saturated carbocycles. The molecule has 0 atom stereocenters. The number of nitrogens with zero attached hydrogens (tertiary/aromatic N) is 3. The van der Waals surface area contributed by atoms with Gasteiger partial charge in [0.05, 0.1) is 6.20 Å². The van der Waals surface area contributed by atoms with Crippen LogP contribution in [0.4, 0.5) is 24.8 Å². The molecule has 3 aromatic heterocycles. The zero-order chi connectivity index (χ0) is 22.6. The maximum Gasteiger partial charge on any atom is 0.573 e. The van der Waals surface area contributed by atoms with E-state index < -0.39 is 6.36 Å². The fourth-order valence-electron chi connectivity index (χ4n) is 2.81. The van der Waals surface area contributed by atoms with Crippen molar-refractivity contribution in [3.63, 3.8) is 0 Å². The third kappa shape index (κ3) is 5.72. The highest BCUT2D eigenvalue weighted by atomic mass is 19.4. The minimum absolute atomic E-state index is 0.284. The molecule has 0 spiro atoms. The lowest BCUT2D eigenvalue weighted by molar-refractivity contribution is -0.274. The van der Waals surface area contributed by atoms with Crippen molar-refractivity contribution < 1.29 is 22.3 Å². The van der Waals surface area contributed by atoms with Crippen LogP contribution >= 0.6 is 0 Å². The van der Waals surface area contributed by atoms with Gasteiger partial charge in [0.2, 0.25) is 5.89 Å². The van der Waals surface area contributed by atoms with Crippen molar-refractivity contribution in [2.75, 3.05) is 5.32 Å². The molecule has 1 N–H and O–H groups in total. The normalized spacial score (nSPS) is 11.6. The first-order valence-electron chi connectivity index (χ1n) is 9.51. The van der Waals surface area contributed by atoms with Crippen molar-refractivity contribution in [3.05, 3.63) is 84.0 Å². The predicted molar refractivity (Wildman–Crippen MR) is 114 cm³/mol. The number of halogens is 3. The quantitative estimate of drug-likeness (QED) is 0.383. The smallest absolute Gasteiger partial charge is 0.435 e. The Labute approximate surface area is 181 Å². The van der Waals surface area contributed by atoms with Gasteiger partial charge in [0.15, 0.2) is 5.76 Å². The van der Waals surface area contributed by atoms with Gasteiger partial charge in [0, 0.05) is 12.3 Å². The lowest BCUT2D eigenvalue weighted by Crippen LogP contribution is -2.16. The van der Waals surface area contributed by atoms with E-state index in [4.69, 9.17) is 4.42 Å². The Bertz CT molecular complexity index is 1230. The molecular formula is C23H17F3N4O2. The van der Waals surface area contributed by atoms with Crippen molar-refractivity contribution in [3.8, 4) is 17.2 Å². The number of anilines is 2. The number of aryl methyl sites for hydroxylation is 1. The first kappa shape index (κ1) is 21.1. The lowest BCUT2D eigenvalue weighted by atomic mass is 10.2. The Balaban J connectivity index is 1.44. The summed E-state index contributed by atoms with van der Waals surface area (Å²) < 4.78 is 46.3. The summed E-state index contributed by atoms with van der Waals surface area (Å²) in [7, 11) is 0. The van der Waals surface area contributed by atoms with Gasteiger partial charge in [0.25, 0.3) is 0 Å². The van der Waals surface area contributed by atoms with Gasteiger partial charge in [-0.25, -0.2) is 15.0 Å². The molecule has 3 heterocycles. The Morgan fingerprint density at radius 1 is 0.969 bits per heavy atom. The highest BCUT2D eigenvalue weighted by Crippen LogP contribution is 2.24. The second-order valence-electron chi connectivity index (χ2n) is 6.76. The fraction of sp³-hybridized carbons (Fsp3) is 0.0870. The van der Waals surface area contributed by atoms with Crippen LogP contribution < -0.4 is 10.1 Å². The van der Waals surface area contributed by atoms with Crippen LogP contribution in [-0.4, -0.2) is 21.3 Å². The summed E-state index contributed by atoms with van der Waals surface area (Å²) in [6.07, 6.45) is 1.83. The summed E-state index contributed by atoms with van der Waals surface area (Å²) in [6, 6.07) is 14.7. The number of hydrogen-bond acceptors (Lipinski definition) is 6. The molecule has 6 nitrogen and oxygen atoms in total. The average Bonchev–Trinajstić information content (AvgIpc) is 3.22. The van der Waals surface area contributed by atoms with Gasteiger partial charge in [-0.2, -0.15) is 0 Å². The SMILES string of the molecule is Cc1ccnc(Nc2cccc(-c3cnc(C=Cc4ccc(OC(F)(F)F)cc4)o3)n2)c1. The molecule has 1 aromatic carbocycles. The summed E-state index contributed by atoms with van der Waals surface area (Å²) in [5.41, 5.74) is 2.32. The maximum absolute atomic E-state index is 12.2. The largest absolute Gasteiger partial charge is 0.573 e. The van der Waals surface area contributed by atoms with Gasteiger partial charge in [-0.3, -0.25) is 0 Å². The van der Waals surface area contributed by atoms with Crippen LogP contribution in [0.1, 0.15) is 17.0 Å². The summed E-state index contributed by atoms with van der Waals surface area (Å²) in [6.45, 7) is 1.98. The maximum atomic E-state index is 12.2. The van der Waals surface area contributed by atoms with E-state index in [0.717, 1.165) is 5.56 Å².